The molecule has 27 heavy (non-hydrogen) atoms. The van der Waals surface area contributed by atoms with Gasteiger partial charge in [0.05, 0.1) is 18.0 Å². The van der Waals surface area contributed by atoms with E-state index < -0.39 is 5.82 Å². The van der Waals surface area contributed by atoms with E-state index >= 15 is 4.39 Å². The molecule has 0 amide bonds. The standard InChI is InChI=1S/C20H23ClFN3O2/c1-27-20-17-13(19(26)14(21)9-25(17)12-4-5-12)7-15(22)18(20)24-8-11-3-2-6-23-16(11)10-24/h7,9,11-12,16,23H,2-6,8,10H2,1H3/t11-,16+/m1/s1. The first-order valence-corrected chi connectivity index (χ1v) is 10.1. The second-order valence-electron chi connectivity index (χ2n) is 7.95. The molecule has 0 unspecified atom stereocenters. The molecule has 1 saturated carbocycles. The molecule has 0 radical (unpaired) electrons. The van der Waals surface area contributed by atoms with Gasteiger partial charge in [-0.1, -0.05) is 11.6 Å². The van der Waals surface area contributed by atoms with Crippen molar-refractivity contribution >= 4 is 28.2 Å². The third-order valence-corrected chi connectivity index (χ3v) is 6.48. The molecule has 0 bridgehead atoms. The maximum atomic E-state index is 15.2. The van der Waals surface area contributed by atoms with E-state index in [9.17, 15) is 4.79 Å². The van der Waals surface area contributed by atoms with E-state index in [-0.39, 0.29) is 10.5 Å². The monoisotopic (exact) mass is 391 g/mol. The Hall–Kier alpha value is -1.79. The average molecular weight is 392 g/mol. The maximum Gasteiger partial charge on any atom is 0.208 e. The largest absolute Gasteiger partial charge is 0.492 e. The van der Waals surface area contributed by atoms with Crippen LogP contribution >= 0.6 is 11.6 Å². The van der Waals surface area contributed by atoms with Crippen LogP contribution in [0.25, 0.3) is 10.9 Å². The Balaban J connectivity index is 1.71. The Morgan fingerprint density at radius 2 is 2.11 bits per heavy atom. The molecule has 1 aliphatic carbocycles. The molecule has 2 saturated heterocycles. The van der Waals surface area contributed by atoms with Gasteiger partial charge in [-0.25, -0.2) is 4.39 Å². The fraction of sp³-hybridized carbons (Fsp3) is 0.550. The van der Waals surface area contributed by atoms with Crippen LogP contribution in [-0.2, 0) is 0 Å². The quantitative estimate of drug-likeness (QED) is 0.871. The lowest BCUT2D eigenvalue weighted by Gasteiger charge is -2.24. The van der Waals surface area contributed by atoms with Gasteiger partial charge in [-0.15, -0.1) is 0 Å². The molecular weight excluding hydrogens is 369 g/mol. The van der Waals surface area contributed by atoms with E-state index in [0.717, 1.165) is 45.3 Å². The highest BCUT2D eigenvalue weighted by molar-refractivity contribution is 6.31. The molecule has 144 valence electrons. The number of halogens is 2. The van der Waals surface area contributed by atoms with Crippen LogP contribution < -0.4 is 20.4 Å². The number of methoxy groups -OCH3 is 1. The fourth-order valence-electron chi connectivity index (χ4n) is 4.77. The summed E-state index contributed by atoms with van der Waals surface area (Å²) in [5.41, 5.74) is 0.787. The first-order chi connectivity index (χ1) is 13.1. The molecule has 5 nitrogen and oxygen atoms in total. The van der Waals surface area contributed by atoms with Gasteiger partial charge in [0.2, 0.25) is 5.43 Å². The lowest BCUT2D eigenvalue weighted by atomic mass is 9.94. The topological polar surface area (TPSA) is 46.5 Å². The summed E-state index contributed by atoms with van der Waals surface area (Å²) in [6, 6.07) is 2.02. The molecule has 2 aliphatic heterocycles. The van der Waals surface area contributed by atoms with E-state index in [1.54, 1.807) is 13.3 Å². The molecule has 2 atom stereocenters. The number of pyridine rings is 1. The van der Waals surface area contributed by atoms with Crippen molar-refractivity contribution in [1.29, 1.82) is 0 Å². The molecule has 0 spiro atoms. The zero-order valence-electron chi connectivity index (χ0n) is 15.3. The van der Waals surface area contributed by atoms with Crippen LogP contribution in [0.3, 0.4) is 0 Å². The highest BCUT2D eigenvalue weighted by atomic mass is 35.5. The van der Waals surface area contributed by atoms with Crippen molar-refractivity contribution < 1.29 is 9.13 Å². The van der Waals surface area contributed by atoms with Gasteiger partial charge in [0.25, 0.3) is 0 Å². The van der Waals surface area contributed by atoms with Crippen molar-refractivity contribution in [2.45, 2.75) is 37.8 Å². The van der Waals surface area contributed by atoms with Crippen LogP contribution in [0.5, 0.6) is 5.75 Å². The van der Waals surface area contributed by atoms with Crippen LogP contribution in [0.4, 0.5) is 10.1 Å². The number of hydrogen-bond donors (Lipinski definition) is 1. The maximum absolute atomic E-state index is 15.2. The number of nitrogens with one attached hydrogen (secondary N) is 1. The summed E-state index contributed by atoms with van der Waals surface area (Å²) >= 11 is 6.15. The van der Waals surface area contributed by atoms with Crippen molar-refractivity contribution in [3.05, 3.63) is 33.3 Å². The molecule has 1 N–H and O–H groups in total. The third-order valence-electron chi connectivity index (χ3n) is 6.21. The molecule has 3 aliphatic rings. The number of nitrogens with zero attached hydrogens (tertiary/aromatic N) is 2. The van der Waals surface area contributed by atoms with Crippen molar-refractivity contribution in [2.24, 2.45) is 5.92 Å². The highest BCUT2D eigenvalue weighted by Crippen LogP contribution is 2.45. The summed E-state index contributed by atoms with van der Waals surface area (Å²) in [7, 11) is 1.55. The van der Waals surface area contributed by atoms with Gasteiger partial charge in [-0.2, -0.15) is 0 Å². The Bertz CT molecular complexity index is 958. The Morgan fingerprint density at radius 1 is 1.30 bits per heavy atom. The van der Waals surface area contributed by atoms with E-state index in [2.05, 4.69) is 10.2 Å². The Morgan fingerprint density at radius 3 is 2.81 bits per heavy atom. The summed E-state index contributed by atoms with van der Waals surface area (Å²) in [6.45, 7) is 2.58. The minimum Gasteiger partial charge on any atom is -0.492 e. The molecular formula is C20H23ClFN3O2. The Labute approximate surface area is 162 Å². The number of benzene rings is 1. The highest BCUT2D eigenvalue weighted by Gasteiger charge is 2.37. The lowest BCUT2D eigenvalue weighted by Crippen LogP contribution is -2.40. The van der Waals surface area contributed by atoms with Crippen LogP contribution in [0.2, 0.25) is 5.02 Å². The van der Waals surface area contributed by atoms with E-state index in [1.807, 2.05) is 4.57 Å². The number of piperidine rings is 1. The van der Waals surface area contributed by atoms with Gasteiger partial charge >= 0.3 is 0 Å². The van der Waals surface area contributed by atoms with Gasteiger partial charge in [0, 0.05) is 31.4 Å². The first kappa shape index (κ1) is 17.3. The Kier molecular flexibility index (Phi) is 4.09. The third kappa shape index (κ3) is 2.72. The number of anilines is 1. The zero-order chi connectivity index (χ0) is 18.7. The second kappa shape index (κ2) is 6.38. The molecule has 5 rings (SSSR count). The van der Waals surface area contributed by atoms with Crippen LogP contribution in [-0.4, -0.2) is 37.4 Å². The van der Waals surface area contributed by atoms with Crippen molar-refractivity contribution in [1.82, 2.24) is 9.88 Å². The van der Waals surface area contributed by atoms with Gasteiger partial charge in [-0.05, 0) is 44.2 Å². The van der Waals surface area contributed by atoms with Crippen LogP contribution in [0.15, 0.2) is 17.1 Å². The minimum absolute atomic E-state index is 0.125. The number of ether oxygens (including phenoxy) is 1. The molecule has 3 fully saturated rings. The van der Waals surface area contributed by atoms with Crippen LogP contribution in [0, 0.1) is 11.7 Å². The number of hydrogen-bond acceptors (Lipinski definition) is 4. The first-order valence-electron chi connectivity index (χ1n) is 9.67. The molecule has 2 aromatic rings. The molecule has 3 heterocycles. The van der Waals surface area contributed by atoms with Gasteiger partial charge in [-0.3, -0.25) is 4.79 Å². The predicted octanol–water partition coefficient (Wildman–Crippen LogP) is 3.33. The lowest BCUT2D eigenvalue weighted by molar-refractivity contribution is 0.340. The minimum atomic E-state index is -0.417. The summed E-state index contributed by atoms with van der Waals surface area (Å²) in [6.07, 6.45) is 6.06. The van der Waals surface area contributed by atoms with Gasteiger partial charge in [0.1, 0.15) is 10.7 Å². The number of rotatable bonds is 3. The van der Waals surface area contributed by atoms with Gasteiger partial charge in [0.15, 0.2) is 11.6 Å². The van der Waals surface area contributed by atoms with Crippen LogP contribution in [0.1, 0.15) is 31.7 Å². The fourth-order valence-corrected chi connectivity index (χ4v) is 4.97. The van der Waals surface area contributed by atoms with Crippen molar-refractivity contribution in [2.75, 3.05) is 31.6 Å². The summed E-state index contributed by atoms with van der Waals surface area (Å²) < 4.78 is 22.9. The SMILES string of the molecule is COc1c(N2C[C@H]3CCCN[C@H]3C2)c(F)cc2c(=O)c(Cl)cn(C3CC3)c12. The summed E-state index contributed by atoms with van der Waals surface area (Å²) in [4.78, 5) is 14.7. The normalized spacial score (nSPS) is 25.1. The molecule has 1 aromatic carbocycles. The molecule has 7 heteroatoms. The smallest absolute Gasteiger partial charge is 0.208 e. The number of aromatic nitrogens is 1. The van der Waals surface area contributed by atoms with E-state index in [4.69, 9.17) is 16.3 Å². The van der Waals surface area contributed by atoms with E-state index in [0.29, 0.717) is 40.3 Å². The second-order valence-corrected chi connectivity index (χ2v) is 8.36. The number of fused-ring (bicyclic) bond motifs is 2. The zero-order valence-corrected chi connectivity index (χ0v) is 16.1. The van der Waals surface area contributed by atoms with Crippen molar-refractivity contribution in [3.63, 3.8) is 0 Å². The summed E-state index contributed by atoms with van der Waals surface area (Å²) in [5.74, 6) is 0.554. The predicted molar refractivity (Wildman–Crippen MR) is 105 cm³/mol. The summed E-state index contributed by atoms with van der Waals surface area (Å²) in [5, 5.41) is 3.97. The van der Waals surface area contributed by atoms with Gasteiger partial charge < -0.3 is 19.5 Å². The van der Waals surface area contributed by atoms with Crippen molar-refractivity contribution in [3.8, 4) is 5.75 Å². The van der Waals surface area contributed by atoms with E-state index in [1.165, 1.54) is 6.07 Å². The molecule has 1 aromatic heterocycles. The average Bonchev–Trinajstić information content (AvgIpc) is 3.42.